The van der Waals surface area contributed by atoms with E-state index in [1.54, 1.807) is 66.3 Å². The van der Waals surface area contributed by atoms with Crippen LogP contribution in [0, 0.1) is 0 Å². The molecule has 1 heterocycles. The van der Waals surface area contributed by atoms with E-state index in [1.165, 1.54) is 0 Å². The van der Waals surface area contributed by atoms with Gasteiger partial charge in [0, 0.05) is 11.8 Å². The molecule has 146 valence electrons. The molecular formula is C19H19BrN4O3S. The van der Waals surface area contributed by atoms with E-state index in [2.05, 4.69) is 31.1 Å². The summed E-state index contributed by atoms with van der Waals surface area (Å²) >= 11 is 3.35. The van der Waals surface area contributed by atoms with Gasteiger partial charge < -0.3 is 5.32 Å². The van der Waals surface area contributed by atoms with E-state index >= 15 is 0 Å². The molecule has 0 aliphatic heterocycles. The van der Waals surface area contributed by atoms with Crippen LogP contribution < -0.4 is 10.0 Å². The van der Waals surface area contributed by atoms with Gasteiger partial charge in [0.1, 0.15) is 0 Å². The molecular weight excluding hydrogens is 444 g/mol. The number of rotatable bonds is 6. The van der Waals surface area contributed by atoms with Crippen molar-refractivity contribution >= 4 is 37.5 Å². The summed E-state index contributed by atoms with van der Waals surface area (Å²) in [6, 6.07) is 13.6. The van der Waals surface area contributed by atoms with Crippen LogP contribution in [0.2, 0.25) is 0 Å². The SMILES string of the molecule is CC(NC(=O)c1ccc(-n2cc(Br)cn2)cc1)c1ccccc1NS(C)(=O)=O. The molecule has 2 aromatic carbocycles. The third-order valence-corrected chi connectivity index (χ3v) is 5.02. The Morgan fingerprint density at radius 3 is 2.43 bits per heavy atom. The Labute approximate surface area is 172 Å². The van der Waals surface area contributed by atoms with E-state index in [1.807, 2.05) is 6.20 Å². The Balaban J connectivity index is 1.74. The van der Waals surface area contributed by atoms with Gasteiger partial charge in [-0.15, -0.1) is 0 Å². The zero-order chi connectivity index (χ0) is 20.3. The first-order chi connectivity index (χ1) is 13.2. The zero-order valence-corrected chi connectivity index (χ0v) is 17.7. The normalized spacial score (nSPS) is 12.4. The van der Waals surface area contributed by atoms with Gasteiger partial charge in [-0.2, -0.15) is 5.10 Å². The Morgan fingerprint density at radius 1 is 1.14 bits per heavy atom. The van der Waals surface area contributed by atoms with Gasteiger partial charge in [-0.25, -0.2) is 13.1 Å². The third-order valence-electron chi connectivity index (χ3n) is 4.02. The topological polar surface area (TPSA) is 93.1 Å². The van der Waals surface area contributed by atoms with E-state index in [4.69, 9.17) is 0 Å². The van der Waals surface area contributed by atoms with E-state index in [9.17, 15) is 13.2 Å². The molecule has 2 N–H and O–H groups in total. The summed E-state index contributed by atoms with van der Waals surface area (Å²) in [4.78, 5) is 12.6. The molecule has 0 saturated carbocycles. The van der Waals surface area contributed by atoms with E-state index in [0.717, 1.165) is 16.4 Å². The zero-order valence-electron chi connectivity index (χ0n) is 15.3. The van der Waals surface area contributed by atoms with Crippen molar-refractivity contribution in [3.8, 4) is 5.69 Å². The van der Waals surface area contributed by atoms with Gasteiger partial charge in [0.15, 0.2) is 0 Å². The quantitative estimate of drug-likeness (QED) is 0.585. The highest BCUT2D eigenvalue weighted by Gasteiger charge is 2.16. The molecule has 0 bridgehead atoms. The van der Waals surface area contributed by atoms with Crippen molar-refractivity contribution in [1.29, 1.82) is 0 Å². The van der Waals surface area contributed by atoms with Crippen LogP contribution >= 0.6 is 15.9 Å². The molecule has 3 rings (SSSR count). The number of aromatic nitrogens is 2. The van der Waals surface area contributed by atoms with Crippen LogP contribution in [0.15, 0.2) is 65.4 Å². The predicted molar refractivity (Wildman–Crippen MR) is 112 cm³/mol. The maximum Gasteiger partial charge on any atom is 0.251 e. The van der Waals surface area contributed by atoms with Gasteiger partial charge in [0.2, 0.25) is 10.0 Å². The minimum Gasteiger partial charge on any atom is -0.345 e. The number of hydrogen-bond acceptors (Lipinski definition) is 4. The Morgan fingerprint density at radius 2 is 1.82 bits per heavy atom. The number of sulfonamides is 1. The van der Waals surface area contributed by atoms with Crippen molar-refractivity contribution in [2.24, 2.45) is 0 Å². The van der Waals surface area contributed by atoms with Crippen LogP contribution in [0.5, 0.6) is 0 Å². The molecule has 1 unspecified atom stereocenters. The summed E-state index contributed by atoms with van der Waals surface area (Å²) in [5.74, 6) is -0.255. The molecule has 7 nitrogen and oxygen atoms in total. The number of amides is 1. The lowest BCUT2D eigenvalue weighted by Crippen LogP contribution is -2.27. The summed E-state index contributed by atoms with van der Waals surface area (Å²) in [7, 11) is -3.42. The monoisotopic (exact) mass is 462 g/mol. The molecule has 9 heteroatoms. The van der Waals surface area contributed by atoms with Crippen molar-refractivity contribution in [1.82, 2.24) is 15.1 Å². The van der Waals surface area contributed by atoms with Crippen LogP contribution in [0.4, 0.5) is 5.69 Å². The van der Waals surface area contributed by atoms with Crippen LogP contribution in [-0.2, 0) is 10.0 Å². The maximum absolute atomic E-state index is 12.6. The number of nitrogens with zero attached hydrogens (tertiary/aromatic N) is 2. The summed E-state index contributed by atoms with van der Waals surface area (Å²) in [5, 5.41) is 7.10. The molecule has 0 fully saturated rings. The van der Waals surface area contributed by atoms with Crippen LogP contribution in [0.25, 0.3) is 5.69 Å². The lowest BCUT2D eigenvalue weighted by molar-refractivity contribution is 0.0940. The first-order valence-electron chi connectivity index (χ1n) is 8.41. The molecule has 0 spiro atoms. The first-order valence-corrected chi connectivity index (χ1v) is 11.1. The summed E-state index contributed by atoms with van der Waals surface area (Å²) in [6.45, 7) is 1.80. The fourth-order valence-corrected chi connectivity index (χ4v) is 3.60. The smallest absolute Gasteiger partial charge is 0.251 e. The van der Waals surface area contributed by atoms with Gasteiger partial charge >= 0.3 is 0 Å². The number of anilines is 1. The highest BCUT2D eigenvalue weighted by molar-refractivity contribution is 9.10. The highest BCUT2D eigenvalue weighted by Crippen LogP contribution is 2.24. The van der Waals surface area contributed by atoms with Crippen molar-refractivity contribution in [3.63, 3.8) is 0 Å². The fourth-order valence-electron chi connectivity index (χ4n) is 2.73. The van der Waals surface area contributed by atoms with E-state index < -0.39 is 10.0 Å². The van der Waals surface area contributed by atoms with Crippen molar-refractivity contribution in [2.75, 3.05) is 11.0 Å². The standard InChI is InChI=1S/C19H19BrN4O3S/c1-13(17-5-3-4-6-18(17)23-28(2,26)27)22-19(25)14-7-9-16(10-8-14)24-12-15(20)11-21-24/h3-13,23H,1-2H3,(H,22,25). The maximum atomic E-state index is 12.6. The van der Waals surface area contributed by atoms with Gasteiger partial charge in [-0.1, -0.05) is 18.2 Å². The molecule has 3 aromatic rings. The summed E-state index contributed by atoms with van der Waals surface area (Å²) in [6.07, 6.45) is 4.60. The Hall–Kier alpha value is -2.65. The summed E-state index contributed by atoms with van der Waals surface area (Å²) in [5.41, 5.74) is 2.45. The second-order valence-corrected chi connectivity index (χ2v) is 8.97. The Bertz CT molecular complexity index is 1090. The minimum atomic E-state index is -3.42. The second kappa shape index (κ2) is 8.15. The van der Waals surface area contributed by atoms with Crippen LogP contribution in [0.1, 0.15) is 28.9 Å². The second-order valence-electron chi connectivity index (χ2n) is 6.31. The van der Waals surface area contributed by atoms with Gasteiger partial charge in [-0.05, 0) is 58.7 Å². The third kappa shape index (κ3) is 4.99. The number of para-hydroxylation sites is 1. The minimum absolute atomic E-state index is 0.255. The Kier molecular flexibility index (Phi) is 5.85. The van der Waals surface area contributed by atoms with Gasteiger partial charge in [-0.3, -0.25) is 9.52 Å². The fraction of sp³-hybridized carbons (Fsp3) is 0.158. The molecule has 0 aliphatic rings. The van der Waals surface area contributed by atoms with Crippen molar-refractivity contribution < 1.29 is 13.2 Å². The number of carbonyl (C=O) groups is 1. The number of carbonyl (C=O) groups excluding carboxylic acids is 1. The molecule has 0 saturated heterocycles. The predicted octanol–water partition coefficient (Wildman–Crippen LogP) is 3.50. The largest absolute Gasteiger partial charge is 0.345 e. The van der Waals surface area contributed by atoms with E-state index in [0.29, 0.717) is 16.8 Å². The molecule has 0 radical (unpaired) electrons. The summed E-state index contributed by atoms with van der Waals surface area (Å²) < 4.78 is 28.2. The lowest BCUT2D eigenvalue weighted by atomic mass is 10.1. The highest BCUT2D eigenvalue weighted by atomic mass is 79.9. The molecule has 1 amide bonds. The van der Waals surface area contributed by atoms with Gasteiger partial charge in [0.05, 0.1) is 34.3 Å². The number of nitrogens with one attached hydrogen (secondary N) is 2. The van der Waals surface area contributed by atoms with Crippen molar-refractivity contribution in [3.05, 3.63) is 76.5 Å². The van der Waals surface area contributed by atoms with Gasteiger partial charge in [0.25, 0.3) is 5.91 Å². The molecule has 1 atom stereocenters. The molecule has 28 heavy (non-hydrogen) atoms. The van der Waals surface area contributed by atoms with Crippen LogP contribution in [0.3, 0.4) is 0 Å². The molecule has 0 aliphatic carbocycles. The average molecular weight is 463 g/mol. The number of hydrogen-bond donors (Lipinski definition) is 2. The van der Waals surface area contributed by atoms with Crippen LogP contribution in [-0.4, -0.2) is 30.4 Å². The number of benzene rings is 2. The lowest BCUT2D eigenvalue weighted by Gasteiger charge is -2.18. The molecule has 1 aromatic heterocycles. The average Bonchev–Trinajstić information content (AvgIpc) is 3.07. The first kappa shape index (κ1) is 20.1. The van der Waals surface area contributed by atoms with Crippen molar-refractivity contribution in [2.45, 2.75) is 13.0 Å². The number of halogens is 1. The van der Waals surface area contributed by atoms with E-state index in [-0.39, 0.29) is 11.9 Å².